The Morgan fingerprint density at radius 2 is 1.63 bits per heavy atom. The maximum Gasteiger partial charge on any atom is 0.248 e. The molecule has 0 radical (unpaired) electrons. The molecule has 1 unspecified atom stereocenters. The number of hydrogen-bond acceptors (Lipinski definition) is 2. The molecule has 0 bridgehead atoms. The Morgan fingerprint density at radius 1 is 0.963 bits per heavy atom. The van der Waals surface area contributed by atoms with E-state index in [0.29, 0.717) is 25.3 Å². The van der Waals surface area contributed by atoms with Crippen LogP contribution in [0.2, 0.25) is 0 Å². The van der Waals surface area contributed by atoms with Crippen LogP contribution in [0.5, 0.6) is 0 Å². The van der Waals surface area contributed by atoms with Gasteiger partial charge in [0.2, 0.25) is 11.8 Å². The molecule has 1 atom stereocenters. The highest BCUT2D eigenvalue weighted by Gasteiger charge is 2.51. The lowest BCUT2D eigenvalue weighted by molar-refractivity contribution is -0.149. The monoisotopic (exact) mass is 376 g/mol. The molecule has 2 saturated heterocycles. The van der Waals surface area contributed by atoms with Gasteiger partial charge in [-0.3, -0.25) is 9.69 Å². The van der Waals surface area contributed by atoms with Crippen LogP contribution in [0.15, 0.2) is 30.3 Å². The minimum absolute atomic E-state index is 0.00653. The Hall–Kier alpha value is -1.49. The summed E-state index contributed by atoms with van der Waals surface area (Å²) in [7, 11) is 0. The average Bonchev–Trinajstić information content (AvgIpc) is 3.05. The lowest BCUT2D eigenvalue weighted by Crippen LogP contribution is -2.60. The third-order valence-corrected chi connectivity index (χ3v) is 6.86. The molecule has 3 aliphatic rings. The first-order valence-electron chi connectivity index (χ1n) is 10.4. The fourth-order valence-corrected chi connectivity index (χ4v) is 5.34. The summed E-state index contributed by atoms with van der Waals surface area (Å²) in [4.78, 5) is 17.9. The van der Waals surface area contributed by atoms with Crippen LogP contribution >= 0.6 is 0 Å². The minimum atomic E-state index is -2.48. The van der Waals surface area contributed by atoms with Crippen molar-refractivity contribution in [1.82, 2.24) is 9.80 Å². The van der Waals surface area contributed by atoms with Crippen molar-refractivity contribution in [2.75, 3.05) is 19.6 Å². The highest BCUT2D eigenvalue weighted by Crippen LogP contribution is 2.42. The summed E-state index contributed by atoms with van der Waals surface area (Å²) in [6.45, 7) is 3.22. The van der Waals surface area contributed by atoms with Crippen molar-refractivity contribution in [3.05, 3.63) is 35.9 Å². The van der Waals surface area contributed by atoms with Crippen LogP contribution in [0.3, 0.4) is 0 Å². The lowest BCUT2D eigenvalue weighted by atomic mass is 9.82. The van der Waals surface area contributed by atoms with Crippen LogP contribution in [-0.2, 0) is 11.3 Å². The Balaban J connectivity index is 1.44. The van der Waals surface area contributed by atoms with E-state index in [9.17, 15) is 13.6 Å². The number of carbonyl (C=O) groups is 1. The van der Waals surface area contributed by atoms with E-state index in [2.05, 4.69) is 17.0 Å². The Labute approximate surface area is 160 Å². The second-order valence-electron chi connectivity index (χ2n) is 8.70. The molecule has 3 nitrogen and oxygen atoms in total. The fourth-order valence-electron chi connectivity index (χ4n) is 5.34. The van der Waals surface area contributed by atoms with Gasteiger partial charge in [-0.05, 0) is 56.6 Å². The van der Waals surface area contributed by atoms with E-state index in [4.69, 9.17) is 0 Å². The van der Waals surface area contributed by atoms with Crippen LogP contribution in [-0.4, -0.2) is 46.8 Å². The van der Waals surface area contributed by atoms with Crippen molar-refractivity contribution in [3.63, 3.8) is 0 Å². The second-order valence-corrected chi connectivity index (χ2v) is 8.70. The van der Waals surface area contributed by atoms with Crippen LogP contribution in [0.25, 0.3) is 0 Å². The van der Waals surface area contributed by atoms with Gasteiger partial charge in [-0.2, -0.15) is 0 Å². The molecule has 1 aromatic carbocycles. The first-order chi connectivity index (χ1) is 13.0. The van der Waals surface area contributed by atoms with Gasteiger partial charge in [0.05, 0.1) is 0 Å². The van der Waals surface area contributed by atoms with E-state index in [1.807, 2.05) is 23.1 Å². The van der Waals surface area contributed by atoms with Crippen LogP contribution < -0.4 is 0 Å². The maximum atomic E-state index is 13.5. The molecular weight excluding hydrogens is 346 g/mol. The molecule has 3 fully saturated rings. The van der Waals surface area contributed by atoms with Gasteiger partial charge >= 0.3 is 0 Å². The number of piperidine rings is 1. The number of hydrogen-bond donors (Lipinski definition) is 0. The predicted molar refractivity (Wildman–Crippen MR) is 102 cm³/mol. The molecule has 1 spiro atoms. The zero-order valence-electron chi connectivity index (χ0n) is 16.0. The van der Waals surface area contributed by atoms with Gasteiger partial charge < -0.3 is 4.90 Å². The SMILES string of the molecule is O=C1N(Cc2ccccc2)CCCC12CCCN2CC1CCC(F)(F)CC1. The summed E-state index contributed by atoms with van der Waals surface area (Å²) >= 11 is 0. The first-order valence-corrected chi connectivity index (χ1v) is 10.4. The van der Waals surface area contributed by atoms with Crippen molar-refractivity contribution in [1.29, 1.82) is 0 Å². The summed E-state index contributed by atoms with van der Waals surface area (Å²) in [6.07, 6.45) is 5.08. The molecule has 5 heteroatoms. The van der Waals surface area contributed by atoms with Gasteiger partial charge in [-0.1, -0.05) is 30.3 Å². The zero-order chi connectivity index (χ0) is 18.9. The smallest absolute Gasteiger partial charge is 0.248 e. The Bertz CT molecular complexity index is 656. The molecule has 27 heavy (non-hydrogen) atoms. The van der Waals surface area contributed by atoms with E-state index in [1.165, 1.54) is 5.56 Å². The summed E-state index contributed by atoms with van der Waals surface area (Å²) in [5.74, 6) is -1.92. The summed E-state index contributed by atoms with van der Waals surface area (Å²) in [5, 5.41) is 0. The molecule has 2 heterocycles. The molecule has 4 rings (SSSR count). The quantitative estimate of drug-likeness (QED) is 0.774. The number of carbonyl (C=O) groups excluding carboxylic acids is 1. The molecule has 1 saturated carbocycles. The second kappa shape index (κ2) is 7.50. The molecule has 1 amide bonds. The summed E-state index contributed by atoms with van der Waals surface area (Å²) in [6, 6.07) is 10.2. The van der Waals surface area contributed by atoms with Gasteiger partial charge in [0, 0.05) is 32.5 Å². The number of nitrogens with zero attached hydrogens (tertiary/aromatic N) is 2. The largest absolute Gasteiger partial charge is 0.337 e. The van der Waals surface area contributed by atoms with Crippen LogP contribution in [0.4, 0.5) is 8.78 Å². The van der Waals surface area contributed by atoms with Gasteiger partial charge in [-0.25, -0.2) is 8.78 Å². The molecule has 2 aliphatic heterocycles. The molecule has 0 N–H and O–H groups in total. The minimum Gasteiger partial charge on any atom is -0.337 e. The number of amides is 1. The van der Waals surface area contributed by atoms with E-state index in [-0.39, 0.29) is 24.3 Å². The fraction of sp³-hybridized carbons (Fsp3) is 0.682. The Morgan fingerprint density at radius 3 is 2.33 bits per heavy atom. The maximum absolute atomic E-state index is 13.5. The highest BCUT2D eigenvalue weighted by atomic mass is 19.3. The summed E-state index contributed by atoms with van der Waals surface area (Å²) in [5.41, 5.74) is 0.787. The first kappa shape index (κ1) is 18.9. The molecule has 148 valence electrons. The molecule has 0 aromatic heterocycles. The summed E-state index contributed by atoms with van der Waals surface area (Å²) < 4.78 is 27.0. The van der Waals surface area contributed by atoms with Crippen LogP contribution in [0.1, 0.15) is 56.9 Å². The molecular formula is C22H30F2N2O. The third-order valence-electron chi connectivity index (χ3n) is 6.86. The number of halogens is 2. The van der Waals surface area contributed by atoms with Crippen molar-refractivity contribution in [2.45, 2.75) is 69.4 Å². The molecule has 1 aromatic rings. The number of benzene rings is 1. The Kier molecular flexibility index (Phi) is 5.23. The topological polar surface area (TPSA) is 23.6 Å². The standard InChI is InChI=1S/C22H30F2N2O/c23-22(24)12-8-19(9-13-22)17-26-15-5-11-21(26)10-4-14-25(20(21)27)16-18-6-2-1-3-7-18/h1-3,6-7,19H,4-5,8-17H2. The van der Waals surface area contributed by atoms with E-state index < -0.39 is 5.92 Å². The van der Waals surface area contributed by atoms with Crippen molar-refractivity contribution in [3.8, 4) is 0 Å². The van der Waals surface area contributed by atoms with E-state index in [1.54, 1.807) is 0 Å². The van der Waals surface area contributed by atoms with Crippen molar-refractivity contribution in [2.24, 2.45) is 5.92 Å². The average molecular weight is 376 g/mol. The number of likely N-dealkylation sites (tertiary alicyclic amines) is 2. The predicted octanol–water partition coefficient (Wildman–Crippen LogP) is 4.47. The van der Waals surface area contributed by atoms with Gasteiger partial charge in [0.15, 0.2) is 0 Å². The van der Waals surface area contributed by atoms with Gasteiger partial charge in [0.1, 0.15) is 5.54 Å². The lowest BCUT2D eigenvalue weighted by Gasteiger charge is -2.46. The number of rotatable bonds is 4. The zero-order valence-corrected chi connectivity index (χ0v) is 16.0. The normalized spacial score (nSPS) is 29.6. The van der Waals surface area contributed by atoms with Crippen molar-refractivity contribution < 1.29 is 13.6 Å². The van der Waals surface area contributed by atoms with Gasteiger partial charge in [0.25, 0.3) is 0 Å². The van der Waals surface area contributed by atoms with E-state index in [0.717, 1.165) is 45.3 Å². The van der Waals surface area contributed by atoms with Crippen LogP contribution in [0, 0.1) is 5.92 Å². The van der Waals surface area contributed by atoms with Gasteiger partial charge in [-0.15, -0.1) is 0 Å². The molecule has 1 aliphatic carbocycles. The van der Waals surface area contributed by atoms with Crippen molar-refractivity contribution >= 4 is 5.91 Å². The third kappa shape index (κ3) is 3.89. The van der Waals surface area contributed by atoms with E-state index >= 15 is 0 Å². The number of alkyl halides is 2. The highest BCUT2D eigenvalue weighted by molar-refractivity contribution is 5.87.